The maximum Gasteiger partial charge on any atom is 0.0622 e. The third kappa shape index (κ3) is 2.51. The molecule has 1 saturated carbocycles. The Labute approximate surface area is 105 Å². The Morgan fingerprint density at radius 3 is 2.65 bits per heavy atom. The van der Waals surface area contributed by atoms with E-state index in [0.717, 1.165) is 31.1 Å². The fourth-order valence-corrected chi connectivity index (χ4v) is 3.38. The van der Waals surface area contributed by atoms with Gasteiger partial charge in [-0.1, -0.05) is 13.8 Å². The molecule has 0 bridgehead atoms. The highest BCUT2D eigenvalue weighted by atomic mass is 16.5. The maximum absolute atomic E-state index is 5.59. The number of hydrogen-bond acceptors (Lipinski definition) is 3. The van der Waals surface area contributed by atoms with Crippen molar-refractivity contribution >= 4 is 0 Å². The molecule has 3 atom stereocenters. The van der Waals surface area contributed by atoms with Gasteiger partial charge in [-0.25, -0.2) is 0 Å². The van der Waals surface area contributed by atoms with Crippen molar-refractivity contribution in [1.82, 2.24) is 10.2 Å². The smallest absolute Gasteiger partial charge is 0.0622 e. The molecule has 3 nitrogen and oxygen atoms in total. The van der Waals surface area contributed by atoms with E-state index in [2.05, 4.69) is 24.1 Å². The lowest BCUT2D eigenvalue weighted by molar-refractivity contribution is 0.0501. The fraction of sp³-hybridized carbons (Fsp3) is 1.00. The fourth-order valence-electron chi connectivity index (χ4n) is 3.38. The largest absolute Gasteiger partial charge is 0.380 e. The van der Waals surface area contributed by atoms with Gasteiger partial charge in [0.05, 0.1) is 6.61 Å². The molecule has 17 heavy (non-hydrogen) atoms. The molecule has 2 heterocycles. The molecule has 3 heteroatoms. The number of rotatable bonds is 3. The number of piperazine rings is 1. The van der Waals surface area contributed by atoms with E-state index in [-0.39, 0.29) is 0 Å². The predicted octanol–water partition coefficient (Wildman–Crippen LogP) is 1.48. The second-order valence-electron chi connectivity index (χ2n) is 6.38. The van der Waals surface area contributed by atoms with Crippen molar-refractivity contribution in [3.05, 3.63) is 0 Å². The average Bonchev–Trinajstić information content (AvgIpc) is 3.03. The van der Waals surface area contributed by atoms with Crippen LogP contribution in [0.4, 0.5) is 0 Å². The zero-order valence-corrected chi connectivity index (χ0v) is 11.2. The Balaban J connectivity index is 1.68. The quantitative estimate of drug-likeness (QED) is 0.806. The van der Waals surface area contributed by atoms with Crippen molar-refractivity contribution in [2.75, 3.05) is 26.3 Å². The summed E-state index contributed by atoms with van der Waals surface area (Å²) in [5.74, 6) is 1.70. The Morgan fingerprint density at radius 1 is 1.24 bits per heavy atom. The molecule has 0 aromatic rings. The van der Waals surface area contributed by atoms with Crippen LogP contribution in [0.1, 0.15) is 33.1 Å². The third-order valence-corrected chi connectivity index (χ3v) is 4.77. The zero-order chi connectivity index (χ0) is 11.8. The average molecular weight is 238 g/mol. The van der Waals surface area contributed by atoms with E-state index >= 15 is 0 Å². The van der Waals surface area contributed by atoms with Crippen LogP contribution >= 0.6 is 0 Å². The molecule has 1 N–H and O–H groups in total. The third-order valence-electron chi connectivity index (χ3n) is 4.77. The summed E-state index contributed by atoms with van der Waals surface area (Å²) >= 11 is 0. The molecule has 3 fully saturated rings. The van der Waals surface area contributed by atoms with Crippen molar-refractivity contribution in [2.24, 2.45) is 11.8 Å². The van der Waals surface area contributed by atoms with Gasteiger partial charge in [0.15, 0.2) is 0 Å². The lowest BCUT2D eigenvalue weighted by Gasteiger charge is -2.44. The number of hydrogen-bond donors (Lipinski definition) is 1. The standard InChI is InChI=1S/C14H26N2O/c1-10(2)13-8-16(12-5-6-17-9-12)14(7-15-13)11-3-4-11/h10-15H,3-9H2,1-2H3. The van der Waals surface area contributed by atoms with Crippen molar-refractivity contribution in [1.29, 1.82) is 0 Å². The molecule has 3 unspecified atom stereocenters. The summed E-state index contributed by atoms with van der Waals surface area (Å²) in [7, 11) is 0. The molecule has 3 rings (SSSR count). The van der Waals surface area contributed by atoms with Crippen LogP contribution in [0.25, 0.3) is 0 Å². The summed E-state index contributed by atoms with van der Waals surface area (Å²) < 4.78 is 5.59. The first-order valence-corrected chi connectivity index (χ1v) is 7.32. The second kappa shape index (κ2) is 4.87. The Bertz CT molecular complexity index is 259. The monoisotopic (exact) mass is 238 g/mol. The number of ether oxygens (including phenoxy) is 1. The summed E-state index contributed by atoms with van der Waals surface area (Å²) in [6, 6.07) is 2.16. The molecule has 0 radical (unpaired) electrons. The molecule has 0 spiro atoms. The minimum atomic E-state index is 0.672. The highest BCUT2D eigenvalue weighted by Gasteiger charge is 2.42. The van der Waals surface area contributed by atoms with Gasteiger partial charge in [-0.05, 0) is 31.1 Å². The molecular weight excluding hydrogens is 212 g/mol. The SMILES string of the molecule is CC(C)C1CN(C2CCOC2)C(C2CC2)CN1. The molecule has 2 aliphatic heterocycles. The van der Waals surface area contributed by atoms with Crippen LogP contribution in [0.3, 0.4) is 0 Å². The second-order valence-corrected chi connectivity index (χ2v) is 6.38. The Hall–Kier alpha value is -0.120. The van der Waals surface area contributed by atoms with Gasteiger partial charge in [0.2, 0.25) is 0 Å². The van der Waals surface area contributed by atoms with Gasteiger partial charge in [-0.3, -0.25) is 4.90 Å². The van der Waals surface area contributed by atoms with Crippen LogP contribution in [0.2, 0.25) is 0 Å². The summed E-state index contributed by atoms with van der Waals surface area (Å²) in [5.41, 5.74) is 0. The lowest BCUT2D eigenvalue weighted by Crippen LogP contribution is -2.61. The van der Waals surface area contributed by atoms with Gasteiger partial charge in [-0.15, -0.1) is 0 Å². The van der Waals surface area contributed by atoms with E-state index in [9.17, 15) is 0 Å². The minimum absolute atomic E-state index is 0.672. The first-order valence-electron chi connectivity index (χ1n) is 7.32. The van der Waals surface area contributed by atoms with E-state index in [1.54, 1.807) is 0 Å². The summed E-state index contributed by atoms with van der Waals surface area (Å²) in [6.45, 7) is 9.03. The van der Waals surface area contributed by atoms with Crippen molar-refractivity contribution in [3.63, 3.8) is 0 Å². The lowest BCUT2D eigenvalue weighted by atomic mass is 9.95. The van der Waals surface area contributed by atoms with Crippen LogP contribution in [0.15, 0.2) is 0 Å². The minimum Gasteiger partial charge on any atom is -0.380 e. The van der Waals surface area contributed by atoms with Crippen LogP contribution in [-0.4, -0.2) is 49.3 Å². The topological polar surface area (TPSA) is 24.5 Å². The molecule has 1 aliphatic carbocycles. The molecule has 2 saturated heterocycles. The molecular formula is C14H26N2O. The normalized spacial score (nSPS) is 40.1. The summed E-state index contributed by atoms with van der Waals surface area (Å²) in [5, 5.41) is 3.76. The number of nitrogens with one attached hydrogen (secondary N) is 1. The van der Waals surface area contributed by atoms with Crippen molar-refractivity contribution < 1.29 is 4.74 Å². The van der Waals surface area contributed by atoms with E-state index in [1.165, 1.54) is 32.4 Å². The van der Waals surface area contributed by atoms with Gasteiger partial charge >= 0.3 is 0 Å². The van der Waals surface area contributed by atoms with E-state index in [4.69, 9.17) is 4.74 Å². The van der Waals surface area contributed by atoms with E-state index in [0.29, 0.717) is 12.1 Å². The maximum atomic E-state index is 5.59. The highest BCUT2D eigenvalue weighted by Crippen LogP contribution is 2.38. The van der Waals surface area contributed by atoms with E-state index in [1.807, 2.05) is 0 Å². The van der Waals surface area contributed by atoms with Gasteiger partial charge in [-0.2, -0.15) is 0 Å². The van der Waals surface area contributed by atoms with Gasteiger partial charge in [0.1, 0.15) is 0 Å². The molecule has 0 aromatic carbocycles. The van der Waals surface area contributed by atoms with Gasteiger partial charge < -0.3 is 10.1 Å². The molecule has 98 valence electrons. The van der Waals surface area contributed by atoms with Crippen LogP contribution in [-0.2, 0) is 4.74 Å². The summed E-state index contributed by atoms with van der Waals surface area (Å²) in [4.78, 5) is 2.78. The Kier molecular flexibility index (Phi) is 3.42. The number of nitrogens with zero attached hydrogens (tertiary/aromatic N) is 1. The molecule has 0 aromatic heterocycles. The molecule has 3 aliphatic rings. The molecule has 0 amide bonds. The predicted molar refractivity (Wildman–Crippen MR) is 69.1 cm³/mol. The zero-order valence-electron chi connectivity index (χ0n) is 11.2. The van der Waals surface area contributed by atoms with Gasteiger partial charge in [0.25, 0.3) is 0 Å². The van der Waals surface area contributed by atoms with Gasteiger partial charge in [0, 0.05) is 37.8 Å². The van der Waals surface area contributed by atoms with Crippen LogP contribution in [0.5, 0.6) is 0 Å². The Morgan fingerprint density at radius 2 is 2.06 bits per heavy atom. The van der Waals surface area contributed by atoms with Crippen molar-refractivity contribution in [2.45, 2.75) is 51.2 Å². The first kappa shape index (κ1) is 11.9. The first-order chi connectivity index (χ1) is 8.25. The van der Waals surface area contributed by atoms with Crippen molar-refractivity contribution in [3.8, 4) is 0 Å². The summed E-state index contributed by atoms with van der Waals surface area (Å²) in [6.07, 6.45) is 4.14. The van der Waals surface area contributed by atoms with E-state index < -0.39 is 0 Å². The highest BCUT2D eigenvalue weighted by molar-refractivity contribution is 4.98. The van der Waals surface area contributed by atoms with Crippen LogP contribution in [0, 0.1) is 11.8 Å². The van der Waals surface area contributed by atoms with Crippen LogP contribution < -0.4 is 5.32 Å².